The van der Waals surface area contributed by atoms with Crippen LogP contribution in [0, 0.1) is 6.92 Å². The Kier molecular flexibility index (Phi) is 4.69. The minimum Gasteiger partial charge on any atom is -0.416 e. The van der Waals surface area contributed by atoms with Gasteiger partial charge in [-0.1, -0.05) is 24.8 Å². The molecule has 0 fully saturated rings. The van der Waals surface area contributed by atoms with Crippen LogP contribution in [0.1, 0.15) is 12.8 Å². The van der Waals surface area contributed by atoms with E-state index in [1.54, 1.807) is 18.7 Å². The van der Waals surface area contributed by atoms with E-state index < -0.39 is 0 Å². The van der Waals surface area contributed by atoms with Crippen LogP contribution in [-0.2, 0) is 0 Å². The number of aryl methyl sites for hydroxylation is 1. The van der Waals surface area contributed by atoms with Crippen LogP contribution in [0.25, 0.3) is 0 Å². The topological polar surface area (TPSA) is 51.0 Å². The average molecular weight is 213 g/mol. The molecule has 0 aromatic carbocycles. The number of rotatable bonds is 6. The second-order valence-corrected chi connectivity index (χ2v) is 4.35. The van der Waals surface area contributed by atoms with Gasteiger partial charge in [-0.2, -0.15) is 0 Å². The number of aromatic nitrogens is 2. The Hall–Kier alpha value is -0.810. The number of nitrogens with zero attached hydrogens (tertiary/aromatic N) is 2. The largest absolute Gasteiger partial charge is 0.416 e. The fourth-order valence-corrected chi connectivity index (χ4v) is 1.73. The van der Waals surface area contributed by atoms with Crippen LogP contribution in [0.15, 0.2) is 22.3 Å². The van der Waals surface area contributed by atoms with E-state index in [-0.39, 0.29) is 0 Å². The van der Waals surface area contributed by atoms with Crippen molar-refractivity contribution in [3.05, 3.63) is 18.5 Å². The molecule has 1 aromatic heterocycles. The number of hydrogen-bond acceptors (Lipinski definition) is 5. The summed E-state index contributed by atoms with van der Waals surface area (Å²) < 4.78 is 5.25. The fraction of sp³-hybridized carbons (Fsp3) is 0.556. The third-order valence-corrected chi connectivity index (χ3v) is 2.47. The van der Waals surface area contributed by atoms with Crippen LogP contribution in [-0.4, -0.2) is 28.5 Å². The molecule has 0 spiro atoms. The lowest BCUT2D eigenvalue weighted by Gasteiger charge is -2.07. The molecule has 1 atom stereocenters. The van der Waals surface area contributed by atoms with Gasteiger partial charge in [0.1, 0.15) is 0 Å². The van der Waals surface area contributed by atoms with Gasteiger partial charge in [0.15, 0.2) is 0 Å². The molecule has 1 heterocycles. The first-order valence-corrected chi connectivity index (χ1v) is 5.38. The molecular formula is C9H15N3OS. The minimum absolute atomic E-state index is 0.412. The predicted octanol–water partition coefficient (Wildman–Crippen LogP) is 1.63. The number of nitrogens with one attached hydrogen (secondary N) is 1. The first-order valence-electron chi connectivity index (χ1n) is 4.50. The third-order valence-electron chi connectivity index (χ3n) is 1.53. The van der Waals surface area contributed by atoms with Crippen LogP contribution in [0.3, 0.4) is 0 Å². The van der Waals surface area contributed by atoms with Gasteiger partial charge < -0.3 is 9.73 Å². The maximum absolute atomic E-state index is 5.25. The first kappa shape index (κ1) is 11.3. The van der Waals surface area contributed by atoms with E-state index in [1.165, 1.54) is 0 Å². The second-order valence-electron chi connectivity index (χ2n) is 2.96. The summed E-state index contributed by atoms with van der Waals surface area (Å²) in [6.45, 7) is 9.26. The second kappa shape index (κ2) is 5.82. The lowest BCUT2D eigenvalue weighted by molar-refractivity contribution is 0.428. The first-order chi connectivity index (χ1) is 6.72. The van der Waals surface area contributed by atoms with Crippen LogP contribution < -0.4 is 5.32 Å². The molecule has 0 aliphatic carbocycles. The zero-order chi connectivity index (χ0) is 10.4. The van der Waals surface area contributed by atoms with E-state index in [0.717, 1.165) is 13.1 Å². The molecule has 0 aliphatic rings. The van der Waals surface area contributed by atoms with Gasteiger partial charge in [0, 0.05) is 25.3 Å². The van der Waals surface area contributed by atoms with Gasteiger partial charge in [0.05, 0.1) is 0 Å². The molecule has 0 saturated heterocycles. The van der Waals surface area contributed by atoms with Crippen LogP contribution in [0.2, 0.25) is 0 Å². The Labute approximate surface area is 88.2 Å². The van der Waals surface area contributed by atoms with E-state index in [1.807, 2.05) is 6.08 Å². The molecule has 0 saturated carbocycles. The Morgan fingerprint density at radius 1 is 1.64 bits per heavy atom. The third kappa shape index (κ3) is 3.93. The summed E-state index contributed by atoms with van der Waals surface area (Å²) in [5.74, 6) is 0.610. The molecule has 0 radical (unpaired) electrons. The maximum Gasteiger partial charge on any atom is 0.276 e. The SMILES string of the molecule is C=CCNCC(C)Sc1nnc(C)o1. The maximum atomic E-state index is 5.25. The van der Waals surface area contributed by atoms with Gasteiger partial charge in [0.25, 0.3) is 5.22 Å². The van der Waals surface area contributed by atoms with E-state index in [0.29, 0.717) is 16.4 Å². The molecule has 4 nitrogen and oxygen atoms in total. The average Bonchev–Trinajstić information content (AvgIpc) is 2.52. The minimum atomic E-state index is 0.412. The number of thioether (sulfide) groups is 1. The van der Waals surface area contributed by atoms with Gasteiger partial charge in [-0.3, -0.25) is 0 Å². The van der Waals surface area contributed by atoms with Gasteiger partial charge in [0.2, 0.25) is 5.89 Å². The van der Waals surface area contributed by atoms with Crippen molar-refractivity contribution in [1.82, 2.24) is 15.5 Å². The highest BCUT2D eigenvalue weighted by molar-refractivity contribution is 7.99. The summed E-state index contributed by atoms with van der Waals surface area (Å²) in [6, 6.07) is 0. The van der Waals surface area contributed by atoms with Crippen molar-refractivity contribution in [2.75, 3.05) is 13.1 Å². The van der Waals surface area contributed by atoms with Crippen molar-refractivity contribution in [3.8, 4) is 0 Å². The summed E-state index contributed by atoms with van der Waals surface area (Å²) in [4.78, 5) is 0. The van der Waals surface area contributed by atoms with Gasteiger partial charge in [-0.25, -0.2) is 0 Å². The molecule has 0 amide bonds. The lowest BCUT2D eigenvalue weighted by Crippen LogP contribution is -2.22. The highest BCUT2D eigenvalue weighted by Gasteiger charge is 2.08. The highest BCUT2D eigenvalue weighted by atomic mass is 32.2. The van der Waals surface area contributed by atoms with Crippen LogP contribution in [0.5, 0.6) is 0 Å². The molecule has 5 heteroatoms. The van der Waals surface area contributed by atoms with Crippen molar-refractivity contribution in [1.29, 1.82) is 0 Å². The molecular weight excluding hydrogens is 198 g/mol. The fourth-order valence-electron chi connectivity index (χ4n) is 0.928. The molecule has 1 N–H and O–H groups in total. The standard InChI is InChI=1S/C9H15N3OS/c1-4-5-10-6-7(2)14-9-12-11-8(3)13-9/h4,7,10H,1,5-6H2,2-3H3. The van der Waals surface area contributed by atoms with E-state index >= 15 is 0 Å². The zero-order valence-electron chi connectivity index (χ0n) is 8.49. The van der Waals surface area contributed by atoms with Crippen LogP contribution >= 0.6 is 11.8 Å². The highest BCUT2D eigenvalue weighted by Crippen LogP contribution is 2.20. The van der Waals surface area contributed by atoms with Gasteiger partial charge >= 0.3 is 0 Å². The summed E-state index contributed by atoms with van der Waals surface area (Å²) in [5.41, 5.74) is 0. The summed E-state index contributed by atoms with van der Waals surface area (Å²) >= 11 is 1.58. The quantitative estimate of drug-likeness (QED) is 0.442. The van der Waals surface area contributed by atoms with Crippen molar-refractivity contribution in [3.63, 3.8) is 0 Å². The van der Waals surface area contributed by atoms with E-state index in [2.05, 4.69) is 29.0 Å². The molecule has 0 bridgehead atoms. The van der Waals surface area contributed by atoms with Crippen molar-refractivity contribution in [2.45, 2.75) is 24.3 Å². The Bertz CT molecular complexity index is 287. The molecule has 0 aliphatic heterocycles. The number of hydrogen-bond donors (Lipinski definition) is 1. The van der Waals surface area contributed by atoms with Crippen molar-refractivity contribution >= 4 is 11.8 Å². The van der Waals surface area contributed by atoms with Crippen LogP contribution in [0.4, 0.5) is 0 Å². The Morgan fingerprint density at radius 2 is 2.43 bits per heavy atom. The molecule has 78 valence electrons. The smallest absolute Gasteiger partial charge is 0.276 e. The summed E-state index contributed by atoms with van der Waals surface area (Å²) in [6.07, 6.45) is 1.84. The van der Waals surface area contributed by atoms with E-state index in [9.17, 15) is 0 Å². The lowest BCUT2D eigenvalue weighted by atomic mass is 10.4. The Morgan fingerprint density at radius 3 is 3.00 bits per heavy atom. The molecule has 1 rings (SSSR count). The molecule has 14 heavy (non-hydrogen) atoms. The van der Waals surface area contributed by atoms with Crippen molar-refractivity contribution < 1.29 is 4.42 Å². The normalized spacial score (nSPS) is 12.7. The predicted molar refractivity (Wildman–Crippen MR) is 57.4 cm³/mol. The molecule has 1 aromatic rings. The summed E-state index contributed by atoms with van der Waals surface area (Å²) in [7, 11) is 0. The van der Waals surface area contributed by atoms with Gasteiger partial charge in [-0.15, -0.1) is 16.8 Å². The van der Waals surface area contributed by atoms with E-state index in [4.69, 9.17) is 4.42 Å². The van der Waals surface area contributed by atoms with Crippen molar-refractivity contribution in [2.24, 2.45) is 0 Å². The Balaban J connectivity index is 2.26. The zero-order valence-corrected chi connectivity index (χ0v) is 9.30. The summed E-state index contributed by atoms with van der Waals surface area (Å²) in [5, 5.41) is 12.0. The monoisotopic (exact) mass is 213 g/mol. The molecule has 1 unspecified atom stereocenters. The van der Waals surface area contributed by atoms with Gasteiger partial charge in [-0.05, 0) is 0 Å².